The van der Waals surface area contributed by atoms with E-state index >= 15 is 0 Å². The lowest BCUT2D eigenvalue weighted by Crippen LogP contribution is -2.45. The van der Waals surface area contributed by atoms with E-state index in [9.17, 15) is 4.39 Å². The Morgan fingerprint density at radius 3 is 2.17 bits per heavy atom. The second-order valence-corrected chi connectivity index (χ2v) is 8.21. The fourth-order valence-corrected chi connectivity index (χ4v) is 2.24. The zero-order valence-electron chi connectivity index (χ0n) is 7.34. The molecule has 1 aromatic carbocycles. The van der Waals surface area contributed by atoms with Crippen LogP contribution in [-0.2, 0) is 0 Å². The zero-order valence-corrected chi connectivity index (χ0v) is 8.34. The lowest BCUT2D eigenvalue weighted by atomic mass is 10.3. The maximum atomic E-state index is 12.5. The van der Waals surface area contributed by atoms with Crippen molar-refractivity contribution in [1.82, 2.24) is 0 Å². The summed E-state index contributed by atoms with van der Waals surface area (Å²) < 4.78 is 12.5. The van der Waals surface area contributed by atoms with E-state index in [1.54, 1.807) is 12.1 Å². The van der Waals surface area contributed by atoms with Crippen LogP contribution in [0.4, 0.5) is 4.39 Å². The van der Waals surface area contributed by atoms with Crippen LogP contribution in [0.25, 0.3) is 0 Å². The molecule has 0 aliphatic rings. The average molecular weight is 184 g/mol. The number of aliphatic hydroxyl groups excluding tert-OH is 1. The normalized spacial score (nSPS) is 11.7. The Balaban J connectivity index is 2.96. The SMILES string of the molecule is C[Si](C)(CO)c1ccc(F)cc1. The molecule has 3 heteroatoms. The molecule has 0 atom stereocenters. The van der Waals surface area contributed by atoms with Crippen LogP contribution in [0.15, 0.2) is 24.3 Å². The van der Waals surface area contributed by atoms with Gasteiger partial charge in [0.15, 0.2) is 0 Å². The van der Waals surface area contributed by atoms with E-state index in [0.29, 0.717) is 0 Å². The number of hydrogen-bond acceptors (Lipinski definition) is 1. The second kappa shape index (κ2) is 3.37. The van der Waals surface area contributed by atoms with Gasteiger partial charge in [-0.3, -0.25) is 0 Å². The van der Waals surface area contributed by atoms with Crippen LogP contribution < -0.4 is 5.19 Å². The van der Waals surface area contributed by atoms with Gasteiger partial charge in [0.1, 0.15) is 13.9 Å². The predicted octanol–water partition coefficient (Wildman–Crippen LogP) is 1.27. The number of halogens is 1. The molecule has 0 saturated heterocycles. The molecule has 0 radical (unpaired) electrons. The van der Waals surface area contributed by atoms with Crippen molar-refractivity contribution in [2.24, 2.45) is 0 Å². The van der Waals surface area contributed by atoms with E-state index < -0.39 is 8.07 Å². The van der Waals surface area contributed by atoms with Gasteiger partial charge in [-0.1, -0.05) is 30.4 Å². The van der Waals surface area contributed by atoms with Gasteiger partial charge in [-0.2, -0.15) is 0 Å². The van der Waals surface area contributed by atoms with E-state index in [1.807, 2.05) is 0 Å². The van der Waals surface area contributed by atoms with E-state index in [2.05, 4.69) is 13.1 Å². The van der Waals surface area contributed by atoms with Crippen LogP contribution in [0.5, 0.6) is 0 Å². The Kier molecular flexibility index (Phi) is 2.64. The smallest absolute Gasteiger partial charge is 0.123 e. The lowest BCUT2D eigenvalue weighted by molar-refractivity contribution is 0.360. The first-order chi connectivity index (χ1) is 5.56. The van der Waals surface area contributed by atoms with Crippen molar-refractivity contribution in [3.05, 3.63) is 30.1 Å². The summed E-state index contributed by atoms with van der Waals surface area (Å²) in [5.74, 6) is -0.221. The molecule has 1 nitrogen and oxygen atoms in total. The third kappa shape index (κ3) is 1.93. The van der Waals surface area contributed by atoms with Crippen molar-refractivity contribution in [1.29, 1.82) is 0 Å². The number of hydrogen-bond donors (Lipinski definition) is 1. The number of benzene rings is 1. The molecular weight excluding hydrogens is 171 g/mol. The Labute approximate surface area is 72.9 Å². The zero-order chi connectivity index (χ0) is 9.19. The molecule has 0 heterocycles. The summed E-state index contributed by atoms with van der Waals surface area (Å²) in [6.07, 6.45) is 0.207. The van der Waals surface area contributed by atoms with Crippen LogP contribution in [0.1, 0.15) is 0 Å². The van der Waals surface area contributed by atoms with Gasteiger partial charge in [-0.25, -0.2) is 4.39 Å². The summed E-state index contributed by atoms with van der Waals surface area (Å²) in [6, 6.07) is 6.41. The fraction of sp³-hybridized carbons (Fsp3) is 0.333. The van der Waals surface area contributed by atoms with Gasteiger partial charge in [-0.15, -0.1) is 0 Å². The highest BCUT2D eigenvalue weighted by molar-refractivity contribution is 6.89. The highest BCUT2D eigenvalue weighted by Crippen LogP contribution is 2.03. The summed E-state index contributed by atoms with van der Waals surface area (Å²) in [6.45, 7) is 4.11. The van der Waals surface area contributed by atoms with Crippen LogP contribution >= 0.6 is 0 Å². The van der Waals surface area contributed by atoms with Gasteiger partial charge < -0.3 is 5.11 Å². The van der Waals surface area contributed by atoms with Gasteiger partial charge in [0.2, 0.25) is 0 Å². The Hall–Kier alpha value is -0.673. The first-order valence-corrected chi connectivity index (χ1v) is 7.14. The molecule has 0 fully saturated rings. The Bertz CT molecular complexity index is 256. The molecule has 0 aliphatic heterocycles. The summed E-state index contributed by atoms with van der Waals surface area (Å²) in [7, 11) is -1.69. The molecule has 0 aromatic heterocycles. The van der Waals surface area contributed by atoms with E-state index in [4.69, 9.17) is 5.11 Å². The molecule has 0 unspecified atom stereocenters. The van der Waals surface area contributed by atoms with Crippen molar-refractivity contribution >= 4 is 13.3 Å². The molecule has 1 rings (SSSR count). The molecule has 0 spiro atoms. The molecule has 12 heavy (non-hydrogen) atoms. The molecule has 0 aliphatic carbocycles. The summed E-state index contributed by atoms with van der Waals surface area (Å²) in [5.41, 5.74) is 0. The molecule has 66 valence electrons. The molecule has 0 amide bonds. The number of rotatable bonds is 2. The van der Waals surface area contributed by atoms with Gasteiger partial charge in [0.05, 0.1) is 0 Å². The minimum Gasteiger partial charge on any atom is -0.399 e. The van der Waals surface area contributed by atoms with Crippen LogP contribution in [0.3, 0.4) is 0 Å². The largest absolute Gasteiger partial charge is 0.399 e. The van der Waals surface area contributed by atoms with E-state index in [1.165, 1.54) is 12.1 Å². The molecule has 1 N–H and O–H groups in total. The van der Waals surface area contributed by atoms with Crippen LogP contribution in [0, 0.1) is 5.82 Å². The maximum Gasteiger partial charge on any atom is 0.123 e. The lowest BCUT2D eigenvalue weighted by Gasteiger charge is -2.19. The predicted molar refractivity (Wildman–Crippen MR) is 50.6 cm³/mol. The summed E-state index contributed by atoms with van der Waals surface area (Å²) in [4.78, 5) is 0. The monoisotopic (exact) mass is 184 g/mol. The Morgan fingerprint density at radius 1 is 1.25 bits per heavy atom. The minimum atomic E-state index is -1.69. The quantitative estimate of drug-likeness (QED) is 0.686. The number of aliphatic hydroxyl groups is 1. The highest BCUT2D eigenvalue weighted by Gasteiger charge is 2.21. The van der Waals surface area contributed by atoms with Gasteiger partial charge in [0.25, 0.3) is 0 Å². The second-order valence-electron chi connectivity index (χ2n) is 3.55. The first-order valence-electron chi connectivity index (χ1n) is 3.93. The molecule has 0 bridgehead atoms. The first kappa shape index (κ1) is 9.42. The summed E-state index contributed by atoms with van der Waals surface area (Å²) in [5, 5.41) is 10.2. The Morgan fingerprint density at radius 2 is 1.75 bits per heavy atom. The molecular formula is C9H13FOSi. The summed E-state index contributed by atoms with van der Waals surface area (Å²) >= 11 is 0. The van der Waals surface area contributed by atoms with Crippen molar-refractivity contribution in [2.45, 2.75) is 13.1 Å². The van der Waals surface area contributed by atoms with Crippen molar-refractivity contribution in [2.75, 3.05) is 6.23 Å². The molecule has 0 saturated carbocycles. The average Bonchev–Trinajstić information content (AvgIpc) is 2.05. The van der Waals surface area contributed by atoms with E-state index in [-0.39, 0.29) is 12.0 Å². The maximum absolute atomic E-state index is 12.5. The van der Waals surface area contributed by atoms with Gasteiger partial charge in [-0.05, 0) is 12.1 Å². The third-order valence-corrected chi connectivity index (χ3v) is 4.71. The van der Waals surface area contributed by atoms with E-state index in [0.717, 1.165) is 5.19 Å². The van der Waals surface area contributed by atoms with Gasteiger partial charge >= 0.3 is 0 Å². The minimum absolute atomic E-state index is 0.207. The van der Waals surface area contributed by atoms with Crippen molar-refractivity contribution < 1.29 is 9.50 Å². The topological polar surface area (TPSA) is 20.2 Å². The third-order valence-electron chi connectivity index (χ3n) is 2.02. The van der Waals surface area contributed by atoms with Crippen LogP contribution in [-0.4, -0.2) is 19.4 Å². The van der Waals surface area contributed by atoms with Crippen molar-refractivity contribution in [3.8, 4) is 0 Å². The highest BCUT2D eigenvalue weighted by atomic mass is 28.3. The van der Waals surface area contributed by atoms with Gasteiger partial charge in [0, 0.05) is 6.23 Å². The standard InChI is InChI=1S/C9H13FOSi/c1-12(2,7-11)9-5-3-8(10)4-6-9/h3-6,11H,7H2,1-2H3. The van der Waals surface area contributed by atoms with Crippen LogP contribution in [0.2, 0.25) is 13.1 Å². The molecule has 1 aromatic rings. The fourth-order valence-electron chi connectivity index (χ4n) is 0.992. The van der Waals surface area contributed by atoms with Crippen molar-refractivity contribution in [3.63, 3.8) is 0 Å².